The second-order valence-electron chi connectivity index (χ2n) is 7.71. The molecule has 2 heterocycles. The predicted octanol–water partition coefficient (Wildman–Crippen LogP) is 2.60. The normalized spacial score (nSPS) is 14.9. The molecule has 162 valence electrons. The van der Waals surface area contributed by atoms with E-state index in [1.54, 1.807) is 0 Å². The van der Waals surface area contributed by atoms with Crippen molar-refractivity contribution in [2.45, 2.75) is 57.9 Å². The van der Waals surface area contributed by atoms with Gasteiger partial charge in [0.15, 0.2) is 11.6 Å². The summed E-state index contributed by atoms with van der Waals surface area (Å²) < 4.78 is 30.3. The highest BCUT2D eigenvalue weighted by Crippen LogP contribution is 2.32. The van der Waals surface area contributed by atoms with Crippen LogP contribution in [-0.2, 0) is 23.0 Å². The van der Waals surface area contributed by atoms with E-state index < -0.39 is 15.6 Å². The van der Waals surface area contributed by atoms with Gasteiger partial charge in [0.25, 0.3) is 15.6 Å². The van der Waals surface area contributed by atoms with Gasteiger partial charge in [-0.2, -0.15) is 13.5 Å². The van der Waals surface area contributed by atoms with Crippen molar-refractivity contribution >= 4 is 21.5 Å². The summed E-state index contributed by atoms with van der Waals surface area (Å²) in [6.45, 7) is 6.41. The first-order valence-corrected chi connectivity index (χ1v) is 11.4. The average Bonchev–Trinajstić information content (AvgIpc) is 2.67. The smallest absolute Gasteiger partial charge is 0.286 e. The Morgan fingerprint density at radius 3 is 2.63 bits per heavy atom. The molecule has 0 amide bonds. The van der Waals surface area contributed by atoms with Crippen LogP contribution < -0.4 is 10.9 Å². The van der Waals surface area contributed by atoms with Crippen molar-refractivity contribution in [1.29, 1.82) is 0 Å². The number of anilines is 1. The van der Waals surface area contributed by atoms with Crippen LogP contribution in [0.3, 0.4) is 0 Å². The quantitative estimate of drug-likeness (QED) is 0.570. The molecule has 1 aliphatic rings. The number of phenolic OH excluding ortho intramolecular Hbond substituents is 1. The van der Waals surface area contributed by atoms with Crippen molar-refractivity contribution in [3.05, 3.63) is 39.8 Å². The van der Waals surface area contributed by atoms with Crippen molar-refractivity contribution < 1.29 is 18.6 Å². The lowest BCUT2D eigenvalue weighted by Crippen LogP contribution is -2.34. The van der Waals surface area contributed by atoms with Gasteiger partial charge in [-0.1, -0.05) is 27.2 Å². The number of nitrogens with zero attached hydrogens (tertiary/aromatic N) is 3. The lowest BCUT2D eigenvalue weighted by Gasteiger charge is -2.20. The number of benzene rings is 1. The molecule has 0 atom stereocenters. The summed E-state index contributed by atoms with van der Waals surface area (Å²) in [5.74, 6) is -0.482. The SMILES string of the molecule is CCCCn1nc(CCC(C)C)c(O)c(C2=NS(=O)(=O)c3cc(O)ccc3N2)c1=O. The van der Waals surface area contributed by atoms with Crippen LogP contribution in [0.25, 0.3) is 0 Å². The molecule has 0 unspecified atom stereocenters. The molecule has 30 heavy (non-hydrogen) atoms. The molecule has 0 spiro atoms. The van der Waals surface area contributed by atoms with Crippen LogP contribution in [0.1, 0.15) is 51.3 Å². The molecular weight excluding hydrogens is 408 g/mol. The predicted molar refractivity (Wildman–Crippen MR) is 114 cm³/mol. The standard InChI is InChI=1S/C20H26N4O5S/c1-4-5-10-24-20(27)17(18(26)15(22-24)8-6-12(2)3)19-21-14-9-7-13(25)11-16(14)30(28,29)23-19/h7,9,11-12,25-26H,4-6,8,10H2,1-3H3,(H,21,23). The monoisotopic (exact) mass is 434 g/mol. The molecule has 0 saturated carbocycles. The lowest BCUT2D eigenvalue weighted by molar-refractivity contribution is 0.435. The molecule has 1 aromatic heterocycles. The first kappa shape index (κ1) is 21.8. The van der Waals surface area contributed by atoms with Gasteiger partial charge in [0.2, 0.25) is 0 Å². The molecule has 1 aromatic carbocycles. The van der Waals surface area contributed by atoms with Crippen LogP contribution in [-0.4, -0.2) is 34.2 Å². The van der Waals surface area contributed by atoms with Gasteiger partial charge < -0.3 is 15.5 Å². The highest BCUT2D eigenvalue weighted by Gasteiger charge is 2.30. The molecule has 1 aliphatic heterocycles. The maximum Gasteiger partial charge on any atom is 0.286 e. The Hall–Kier alpha value is -2.88. The van der Waals surface area contributed by atoms with E-state index in [0.717, 1.165) is 18.9 Å². The minimum Gasteiger partial charge on any atom is -0.508 e. The van der Waals surface area contributed by atoms with Crippen LogP contribution in [0.5, 0.6) is 11.5 Å². The number of amidine groups is 1. The summed E-state index contributed by atoms with van der Waals surface area (Å²) in [6.07, 6.45) is 2.73. The number of rotatable bonds is 7. The maximum absolute atomic E-state index is 13.0. The first-order chi connectivity index (χ1) is 14.1. The number of aromatic hydroxyl groups is 2. The highest BCUT2D eigenvalue weighted by atomic mass is 32.2. The summed E-state index contributed by atoms with van der Waals surface area (Å²) in [7, 11) is -4.18. The summed E-state index contributed by atoms with van der Waals surface area (Å²) >= 11 is 0. The van der Waals surface area contributed by atoms with Gasteiger partial charge in [0.1, 0.15) is 21.9 Å². The molecule has 0 fully saturated rings. The Kier molecular flexibility index (Phi) is 6.16. The Morgan fingerprint density at radius 1 is 1.23 bits per heavy atom. The molecule has 0 aliphatic carbocycles. The lowest BCUT2D eigenvalue weighted by atomic mass is 10.0. The molecule has 2 aromatic rings. The van der Waals surface area contributed by atoms with Crippen molar-refractivity contribution in [2.75, 3.05) is 5.32 Å². The van der Waals surface area contributed by atoms with Gasteiger partial charge >= 0.3 is 0 Å². The van der Waals surface area contributed by atoms with Crippen LogP contribution >= 0.6 is 0 Å². The molecule has 0 radical (unpaired) electrons. The van der Waals surface area contributed by atoms with Gasteiger partial charge in [-0.15, -0.1) is 4.40 Å². The number of aromatic nitrogens is 2. The Bertz CT molecular complexity index is 1150. The fraction of sp³-hybridized carbons (Fsp3) is 0.450. The number of hydrogen-bond acceptors (Lipinski definition) is 7. The molecule has 9 nitrogen and oxygen atoms in total. The molecule has 0 saturated heterocycles. The van der Waals surface area contributed by atoms with Crippen LogP contribution in [0, 0.1) is 5.92 Å². The van der Waals surface area contributed by atoms with Crippen molar-refractivity contribution in [2.24, 2.45) is 10.3 Å². The number of unbranched alkanes of at least 4 members (excludes halogenated alkanes) is 1. The van der Waals surface area contributed by atoms with Crippen LogP contribution in [0.4, 0.5) is 5.69 Å². The van der Waals surface area contributed by atoms with Crippen molar-refractivity contribution in [3.63, 3.8) is 0 Å². The maximum atomic E-state index is 13.0. The van der Waals surface area contributed by atoms with Crippen LogP contribution in [0.15, 0.2) is 32.3 Å². The van der Waals surface area contributed by atoms with Gasteiger partial charge in [-0.05, 0) is 37.3 Å². The largest absolute Gasteiger partial charge is 0.508 e. The Labute approximate surface area is 175 Å². The zero-order valence-electron chi connectivity index (χ0n) is 17.2. The zero-order valence-corrected chi connectivity index (χ0v) is 18.0. The highest BCUT2D eigenvalue weighted by molar-refractivity contribution is 7.90. The number of aryl methyl sites for hydroxylation is 2. The third-order valence-electron chi connectivity index (χ3n) is 4.83. The summed E-state index contributed by atoms with van der Waals surface area (Å²) in [6, 6.07) is 3.78. The van der Waals surface area contributed by atoms with Gasteiger partial charge in [0, 0.05) is 12.6 Å². The van der Waals surface area contributed by atoms with Gasteiger partial charge in [0.05, 0.1) is 5.69 Å². The third kappa shape index (κ3) is 4.33. The third-order valence-corrected chi connectivity index (χ3v) is 6.14. The fourth-order valence-corrected chi connectivity index (χ4v) is 4.28. The topological polar surface area (TPSA) is 134 Å². The first-order valence-electron chi connectivity index (χ1n) is 9.92. The van der Waals surface area contributed by atoms with Gasteiger partial charge in [-0.25, -0.2) is 4.68 Å². The fourth-order valence-electron chi connectivity index (χ4n) is 3.14. The Balaban J connectivity index is 2.17. The summed E-state index contributed by atoms with van der Waals surface area (Å²) in [5.41, 5.74) is -0.342. The number of hydrogen-bond donors (Lipinski definition) is 3. The van der Waals surface area contributed by atoms with Crippen molar-refractivity contribution in [3.8, 4) is 11.5 Å². The summed E-state index contributed by atoms with van der Waals surface area (Å²) in [4.78, 5) is 12.8. The minimum absolute atomic E-state index is 0.164. The second kappa shape index (κ2) is 8.47. The zero-order chi connectivity index (χ0) is 22.1. The Morgan fingerprint density at radius 2 is 1.97 bits per heavy atom. The molecule has 10 heteroatoms. The molecule has 3 N–H and O–H groups in total. The van der Waals surface area contributed by atoms with E-state index in [-0.39, 0.29) is 33.5 Å². The van der Waals surface area contributed by atoms with E-state index in [2.05, 4.69) is 14.8 Å². The molecular formula is C20H26N4O5S. The van der Waals surface area contributed by atoms with E-state index in [4.69, 9.17) is 0 Å². The van der Waals surface area contributed by atoms with Crippen LogP contribution in [0.2, 0.25) is 0 Å². The minimum atomic E-state index is -4.18. The van der Waals surface area contributed by atoms with E-state index in [1.807, 2.05) is 20.8 Å². The van der Waals surface area contributed by atoms with E-state index in [0.29, 0.717) is 31.0 Å². The van der Waals surface area contributed by atoms with Crippen molar-refractivity contribution in [1.82, 2.24) is 9.78 Å². The molecule has 3 rings (SSSR count). The second-order valence-corrected chi connectivity index (χ2v) is 9.28. The van der Waals surface area contributed by atoms with E-state index in [1.165, 1.54) is 16.8 Å². The van der Waals surface area contributed by atoms with Gasteiger partial charge in [-0.3, -0.25) is 4.79 Å². The number of phenols is 1. The molecule has 0 bridgehead atoms. The number of sulfonamides is 1. The summed E-state index contributed by atoms with van der Waals surface area (Å²) in [5, 5.41) is 27.6. The van der Waals surface area contributed by atoms with E-state index in [9.17, 15) is 23.4 Å². The number of fused-ring (bicyclic) bond motifs is 1. The number of nitrogens with one attached hydrogen (secondary N) is 1. The van der Waals surface area contributed by atoms with E-state index >= 15 is 0 Å². The average molecular weight is 435 g/mol.